The van der Waals surface area contributed by atoms with Crippen molar-refractivity contribution in [1.29, 1.82) is 0 Å². The third-order valence-electron chi connectivity index (χ3n) is 3.57. The highest BCUT2D eigenvalue weighted by Crippen LogP contribution is 2.24. The fourth-order valence-corrected chi connectivity index (χ4v) is 3.32. The molecule has 158 valence electrons. The van der Waals surface area contributed by atoms with Crippen LogP contribution in [-0.4, -0.2) is 40.9 Å². The Hall–Kier alpha value is -2.79. The van der Waals surface area contributed by atoms with Gasteiger partial charge >= 0.3 is 6.36 Å². The molecule has 0 unspecified atom stereocenters. The Bertz CT molecular complexity index is 914. The van der Waals surface area contributed by atoms with Gasteiger partial charge in [-0.15, -0.1) is 13.2 Å². The first kappa shape index (κ1) is 22.5. The number of hydrogen-bond donors (Lipinski definition) is 2. The van der Waals surface area contributed by atoms with Crippen molar-refractivity contribution in [1.82, 2.24) is 5.32 Å². The van der Waals surface area contributed by atoms with Gasteiger partial charge in [0, 0.05) is 19.3 Å². The third kappa shape index (κ3) is 7.62. The van der Waals surface area contributed by atoms with Crippen LogP contribution >= 0.6 is 0 Å². The van der Waals surface area contributed by atoms with Gasteiger partial charge in [-0.1, -0.05) is 12.1 Å². The van der Waals surface area contributed by atoms with Crippen molar-refractivity contribution in [2.24, 2.45) is 0 Å². The van der Waals surface area contributed by atoms with Crippen LogP contribution in [0.5, 0.6) is 5.75 Å². The van der Waals surface area contributed by atoms with Crippen LogP contribution in [0.15, 0.2) is 53.4 Å². The highest BCUT2D eigenvalue weighted by atomic mass is 32.2. The lowest BCUT2D eigenvalue weighted by atomic mass is 10.1. The summed E-state index contributed by atoms with van der Waals surface area (Å²) in [6, 6.07) is 9.97. The van der Waals surface area contributed by atoms with Crippen LogP contribution in [0.25, 0.3) is 0 Å². The smallest absolute Gasteiger partial charge is 0.406 e. The van der Waals surface area contributed by atoms with Crippen molar-refractivity contribution < 1.29 is 35.9 Å². The number of carbonyl (C=O) groups excluding carboxylic acids is 1. The maximum absolute atomic E-state index is 12.4. The number of halogens is 3. The van der Waals surface area contributed by atoms with E-state index < -0.39 is 22.1 Å². The predicted molar refractivity (Wildman–Crippen MR) is 99.0 cm³/mol. The van der Waals surface area contributed by atoms with E-state index >= 15 is 0 Å². The molecule has 0 aliphatic carbocycles. The highest BCUT2D eigenvalue weighted by molar-refractivity contribution is 7.92. The van der Waals surface area contributed by atoms with E-state index in [4.69, 9.17) is 4.74 Å². The molecule has 0 saturated carbocycles. The van der Waals surface area contributed by atoms with E-state index in [0.29, 0.717) is 18.7 Å². The maximum atomic E-state index is 12.4. The highest BCUT2D eigenvalue weighted by Gasteiger charge is 2.31. The van der Waals surface area contributed by atoms with E-state index in [1.54, 1.807) is 12.1 Å². The first-order valence-electron chi connectivity index (χ1n) is 8.32. The van der Waals surface area contributed by atoms with Crippen molar-refractivity contribution in [2.45, 2.75) is 17.7 Å². The normalized spacial score (nSPS) is 11.7. The van der Waals surface area contributed by atoms with Crippen molar-refractivity contribution in [3.8, 4) is 5.75 Å². The molecule has 2 aromatic rings. The van der Waals surface area contributed by atoms with Crippen molar-refractivity contribution >= 4 is 21.6 Å². The number of alkyl halides is 3. The van der Waals surface area contributed by atoms with Gasteiger partial charge in [-0.3, -0.25) is 9.52 Å². The summed E-state index contributed by atoms with van der Waals surface area (Å²) >= 11 is 0. The quantitative estimate of drug-likeness (QED) is 0.595. The Kier molecular flexibility index (Phi) is 7.46. The Morgan fingerprint density at radius 1 is 1.03 bits per heavy atom. The van der Waals surface area contributed by atoms with Gasteiger partial charge in [0.25, 0.3) is 10.0 Å². The number of sulfonamides is 1. The number of carbonyl (C=O) groups is 1. The van der Waals surface area contributed by atoms with Crippen LogP contribution in [-0.2, 0) is 26.0 Å². The lowest BCUT2D eigenvalue weighted by Gasteiger charge is -2.11. The molecule has 0 aromatic heterocycles. The fraction of sp³-hybridized carbons (Fsp3) is 0.278. The van der Waals surface area contributed by atoms with Crippen LogP contribution in [0, 0.1) is 0 Å². The summed E-state index contributed by atoms with van der Waals surface area (Å²) in [6.45, 7) is 0.787. The molecule has 1 amide bonds. The summed E-state index contributed by atoms with van der Waals surface area (Å²) in [5.74, 6) is -0.721. The van der Waals surface area contributed by atoms with E-state index in [0.717, 1.165) is 24.3 Å². The molecule has 0 aliphatic rings. The molecule has 2 N–H and O–H groups in total. The Labute approximate surface area is 165 Å². The van der Waals surface area contributed by atoms with Crippen molar-refractivity contribution in [3.05, 3.63) is 54.1 Å². The van der Waals surface area contributed by atoms with E-state index in [9.17, 15) is 26.4 Å². The van der Waals surface area contributed by atoms with Crippen LogP contribution in [0.1, 0.15) is 5.56 Å². The lowest BCUT2D eigenvalue weighted by molar-refractivity contribution is -0.274. The average molecular weight is 432 g/mol. The molecule has 0 heterocycles. The molecule has 7 nitrogen and oxygen atoms in total. The molecule has 29 heavy (non-hydrogen) atoms. The van der Waals surface area contributed by atoms with E-state index in [2.05, 4.69) is 14.8 Å². The Morgan fingerprint density at radius 2 is 1.66 bits per heavy atom. The van der Waals surface area contributed by atoms with Crippen LogP contribution in [0.3, 0.4) is 0 Å². The largest absolute Gasteiger partial charge is 0.573 e. The average Bonchev–Trinajstić information content (AvgIpc) is 2.62. The van der Waals surface area contributed by atoms with Gasteiger partial charge in [0.05, 0.1) is 17.9 Å². The van der Waals surface area contributed by atoms with Gasteiger partial charge in [0.1, 0.15) is 5.75 Å². The zero-order valence-electron chi connectivity index (χ0n) is 15.3. The number of ether oxygens (including phenoxy) is 2. The van der Waals surface area contributed by atoms with Gasteiger partial charge in [-0.2, -0.15) is 0 Å². The molecule has 0 atom stereocenters. The van der Waals surface area contributed by atoms with Gasteiger partial charge in [0.2, 0.25) is 5.91 Å². The van der Waals surface area contributed by atoms with Crippen LogP contribution < -0.4 is 14.8 Å². The maximum Gasteiger partial charge on any atom is 0.573 e. The number of hydrogen-bond acceptors (Lipinski definition) is 5. The van der Waals surface area contributed by atoms with Gasteiger partial charge < -0.3 is 14.8 Å². The standard InChI is InChI=1S/C18H19F3N2O5S/c1-27-11-10-22-17(24)12-13-2-4-14(5-3-13)23-29(25,26)16-8-6-15(7-9-16)28-18(19,20)21/h2-9,23H,10-12H2,1H3,(H,22,24). The number of rotatable bonds is 9. The summed E-state index contributed by atoms with van der Waals surface area (Å²) in [6.07, 6.45) is -4.74. The second kappa shape index (κ2) is 9.61. The summed E-state index contributed by atoms with van der Waals surface area (Å²) < 4.78 is 72.1. The topological polar surface area (TPSA) is 93.7 Å². The number of nitrogens with one attached hydrogen (secondary N) is 2. The molecule has 0 fully saturated rings. The number of anilines is 1. The molecule has 2 rings (SSSR count). The first-order valence-corrected chi connectivity index (χ1v) is 9.80. The number of benzene rings is 2. The van der Waals surface area contributed by atoms with E-state index in [-0.39, 0.29) is 22.9 Å². The summed E-state index contributed by atoms with van der Waals surface area (Å²) in [4.78, 5) is 11.5. The Balaban J connectivity index is 1.98. The lowest BCUT2D eigenvalue weighted by Crippen LogP contribution is -2.28. The van der Waals surface area contributed by atoms with Crippen molar-refractivity contribution in [2.75, 3.05) is 25.0 Å². The summed E-state index contributed by atoms with van der Waals surface area (Å²) in [5.41, 5.74) is 0.917. The van der Waals surface area contributed by atoms with Crippen molar-refractivity contribution in [3.63, 3.8) is 0 Å². The second-order valence-corrected chi connectivity index (χ2v) is 7.52. The third-order valence-corrected chi connectivity index (χ3v) is 4.96. The minimum atomic E-state index is -4.86. The van der Waals surface area contributed by atoms with Gasteiger partial charge in [-0.25, -0.2) is 8.42 Å². The molecular weight excluding hydrogens is 413 g/mol. The zero-order valence-corrected chi connectivity index (χ0v) is 16.1. The molecule has 2 aromatic carbocycles. The number of amides is 1. The molecule has 0 bridgehead atoms. The predicted octanol–water partition coefficient (Wildman–Crippen LogP) is 2.69. The van der Waals surface area contributed by atoms with Crippen LogP contribution in [0.4, 0.5) is 18.9 Å². The van der Waals surface area contributed by atoms with E-state index in [1.807, 2.05) is 0 Å². The molecule has 0 aliphatic heterocycles. The molecule has 11 heteroatoms. The summed E-state index contributed by atoms with van der Waals surface area (Å²) in [5, 5.41) is 2.67. The minimum Gasteiger partial charge on any atom is -0.406 e. The van der Waals surface area contributed by atoms with Gasteiger partial charge in [0.15, 0.2) is 0 Å². The SMILES string of the molecule is COCCNC(=O)Cc1ccc(NS(=O)(=O)c2ccc(OC(F)(F)F)cc2)cc1. The minimum absolute atomic E-state index is 0.122. The fourth-order valence-electron chi connectivity index (χ4n) is 2.27. The van der Waals surface area contributed by atoms with Gasteiger partial charge in [-0.05, 0) is 42.0 Å². The monoisotopic (exact) mass is 432 g/mol. The Morgan fingerprint density at radius 3 is 2.21 bits per heavy atom. The van der Waals surface area contributed by atoms with E-state index in [1.165, 1.54) is 19.2 Å². The second-order valence-electron chi connectivity index (χ2n) is 5.84. The molecule has 0 spiro atoms. The van der Waals surface area contributed by atoms with Crippen LogP contribution in [0.2, 0.25) is 0 Å². The first-order chi connectivity index (χ1) is 13.6. The zero-order chi connectivity index (χ0) is 21.5. The molecular formula is C18H19F3N2O5S. The molecule has 0 radical (unpaired) electrons. The number of methoxy groups -OCH3 is 1. The summed E-state index contributed by atoms with van der Waals surface area (Å²) in [7, 11) is -2.48. The molecule has 0 saturated heterocycles.